The molecular formula is C22H23F3N2O5S. The van der Waals surface area contributed by atoms with Crippen molar-refractivity contribution in [3.05, 3.63) is 45.9 Å². The van der Waals surface area contributed by atoms with Gasteiger partial charge < -0.3 is 19.5 Å². The maximum atomic E-state index is 12.8. The van der Waals surface area contributed by atoms with Gasteiger partial charge in [0, 0.05) is 23.6 Å². The highest BCUT2D eigenvalue weighted by Gasteiger charge is 2.55. The van der Waals surface area contributed by atoms with Gasteiger partial charge in [-0.15, -0.1) is 11.3 Å². The van der Waals surface area contributed by atoms with Gasteiger partial charge in [-0.3, -0.25) is 9.78 Å². The van der Waals surface area contributed by atoms with Gasteiger partial charge in [-0.05, 0) is 49.4 Å². The zero-order valence-corrected chi connectivity index (χ0v) is 18.5. The van der Waals surface area contributed by atoms with Crippen LogP contribution in [0.25, 0.3) is 0 Å². The minimum Gasteiger partial charge on any atom is -0.492 e. The van der Waals surface area contributed by atoms with Crippen molar-refractivity contribution in [2.45, 2.75) is 37.5 Å². The van der Waals surface area contributed by atoms with Crippen molar-refractivity contribution in [3.63, 3.8) is 0 Å². The number of carbonyl (C=O) groups excluding carboxylic acids is 1. The molecular weight excluding hydrogens is 461 g/mol. The van der Waals surface area contributed by atoms with Crippen LogP contribution in [0.2, 0.25) is 0 Å². The van der Waals surface area contributed by atoms with Crippen LogP contribution >= 0.6 is 11.3 Å². The van der Waals surface area contributed by atoms with Gasteiger partial charge in [-0.25, -0.2) is 4.79 Å². The first kappa shape index (κ1) is 23.5. The van der Waals surface area contributed by atoms with Crippen molar-refractivity contribution in [1.82, 2.24) is 9.88 Å². The number of carbonyl (C=O) groups is 2. The maximum absolute atomic E-state index is 12.8. The molecule has 1 spiro atoms. The number of carboxylic acid groups (broad SMARTS) is 1. The van der Waals surface area contributed by atoms with Gasteiger partial charge >= 0.3 is 12.1 Å². The third-order valence-corrected chi connectivity index (χ3v) is 7.31. The van der Waals surface area contributed by atoms with Gasteiger partial charge in [-0.2, -0.15) is 13.2 Å². The minimum absolute atomic E-state index is 0.164. The van der Waals surface area contributed by atoms with E-state index in [0.29, 0.717) is 25.6 Å². The molecule has 0 bridgehead atoms. The van der Waals surface area contributed by atoms with Crippen molar-refractivity contribution in [2.24, 2.45) is 5.92 Å². The molecule has 5 rings (SSSR count). The molecule has 7 nitrogen and oxygen atoms in total. The molecule has 0 radical (unpaired) electrons. The standard InChI is InChI=1S/C20H22N2O3S.C2HF3O2/c23-19(18-9-14-3-1-5-17(14)26-18)22-12-20(13-22)15(6-8-25-20)11-24-16-4-2-7-21-10-16;3-2(4,5)1(6)7/h2,4,7,9-10,15H,1,3,5-6,8,11-13H2;(H,6,7). The number of aromatic nitrogens is 1. The Bertz CT molecular complexity index is 984. The minimum atomic E-state index is -5.08. The first-order valence-electron chi connectivity index (χ1n) is 10.6. The maximum Gasteiger partial charge on any atom is 0.490 e. The highest BCUT2D eigenvalue weighted by atomic mass is 32.1. The summed E-state index contributed by atoms with van der Waals surface area (Å²) in [5.41, 5.74) is 1.16. The number of ether oxygens (including phenoxy) is 2. The molecule has 1 N–H and O–H groups in total. The van der Waals surface area contributed by atoms with E-state index in [1.165, 1.54) is 16.9 Å². The highest BCUT2D eigenvalue weighted by Crippen LogP contribution is 2.41. The summed E-state index contributed by atoms with van der Waals surface area (Å²) in [6.45, 7) is 2.71. The molecule has 33 heavy (non-hydrogen) atoms. The van der Waals surface area contributed by atoms with E-state index in [2.05, 4.69) is 11.1 Å². The van der Waals surface area contributed by atoms with Crippen molar-refractivity contribution in [3.8, 4) is 5.75 Å². The zero-order valence-electron chi connectivity index (χ0n) is 17.6. The Labute approximate surface area is 192 Å². The van der Waals surface area contributed by atoms with Gasteiger partial charge in [0.05, 0.1) is 30.8 Å². The molecule has 2 fully saturated rings. The number of aryl methyl sites for hydroxylation is 2. The summed E-state index contributed by atoms with van der Waals surface area (Å²) in [6, 6.07) is 5.90. The Hall–Kier alpha value is -2.66. The van der Waals surface area contributed by atoms with Crippen LogP contribution in [0, 0.1) is 5.92 Å². The van der Waals surface area contributed by atoms with Crippen LogP contribution < -0.4 is 4.74 Å². The number of carboxylic acids is 1. The van der Waals surface area contributed by atoms with Gasteiger partial charge in [0.2, 0.25) is 0 Å². The molecule has 1 amide bonds. The second-order valence-corrected chi connectivity index (χ2v) is 9.41. The zero-order chi connectivity index (χ0) is 23.6. The number of halogens is 3. The quantitative estimate of drug-likeness (QED) is 0.714. The Kier molecular flexibility index (Phi) is 6.62. The van der Waals surface area contributed by atoms with Gasteiger partial charge in [0.1, 0.15) is 11.4 Å². The number of aliphatic carboxylic acids is 1. The van der Waals surface area contributed by atoms with Crippen LogP contribution in [0.3, 0.4) is 0 Å². The van der Waals surface area contributed by atoms with E-state index in [9.17, 15) is 18.0 Å². The summed E-state index contributed by atoms with van der Waals surface area (Å²) >= 11 is 1.68. The second kappa shape index (κ2) is 9.30. The van der Waals surface area contributed by atoms with Crippen LogP contribution in [0.5, 0.6) is 5.75 Å². The first-order valence-corrected chi connectivity index (χ1v) is 11.4. The summed E-state index contributed by atoms with van der Waals surface area (Å²) in [5.74, 6) is -1.49. The van der Waals surface area contributed by atoms with Gasteiger partial charge in [0.15, 0.2) is 0 Å². The number of pyridine rings is 1. The summed E-state index contributed by atoms with van der Waals surface area (Å²) < 4.78 is 43.7. The lowest BCUT2D eigenvalue weighted by Gasteiger charge is -2.49. The molecule has 4 heterocycles. The highest BCUT2D eigenvalue weighted by molar-refractivity contribution is 7.14. The lowest BCUT2D eigenvalue weighted by Crippen LogP contribution is -2.66. The third kappa shape index (κ3) is 5.14. The Balaban J connectivity index is 0.000000325. The number of fused-ring (bicyclic) bond motifs is 1. The topological polar surface area (TPSA) is 89.0 Å². The molecule has 178 valence electrons. The second-order valence-electron chi connectivity index (χ2n) is 8.28. The predicted octanol–water partition coefficient (Wildman–Crippen LogP) is 3.58. The molecule has 2 saturated heterocycles. The summed E-state index contributed by atoms with van der Waals surface area (Å²) in [5, 5.41) is 7.12. The van der Waals surface area contributed by atoms with Crippen molar-refractivity contribution in [2.75, 3.05) is 26.3 Å². The predicted molar refractivity (Wildman–Crippen MR) is 112 cm³/mol. The third-order valence-electron chi connectivity index (χ3n) is 6.09. The molecule has 0 aromatic carbocycles. The van der Waals surface area contributed by atoms with Gasteiger partial charge in [0.25, 0.3) is 5.91 Å². The molecule has 11 heteroatoms. The number of amides is 1. The van der Waals surface area contributed by atoms with Crippen LogP contribution in [0.15, 0.2) is 30.6 Å². The molecule has 2 aromatic heterocycles. The molecule has 2 aromatic rings. The molecule has 1 aliphatic carbocycles. The van der Waals surface area contributed by atoms with E-state index in [4.69, 9.17) is 19.4 Å². The molecule has 1 unspecified atom stereocenters. The monoisotopic (exact) mass is 484 g/mol. The first-order chi connectivity index (χ1) is 15.7. The normalized spacial score (nSPS) is 20.6. The largest absolute Gasteiger partial charge is 0.492 e. The summed E-state index contributed by atoms with van der Waals surface area (Å²) in [4.78, 5) is 30.0. The molecule has 3 aliphatic rings. The number of thiophene rings is 1. The SMILES string of the molecule is O=C(O)C(F)(F)F.O=C(c1cc2c(s1)CCC2)N1CC2(C1)OCCC2COc1cccnc1. The van der Waals surface area contributed by atoms with Crippen LogP contribution in [-0.2, 0) is 22.4 Å². The van der Waals surface area contributed by atoms with Crippen LogP contribution in [-0.4, -0.2) is 64.9 Å². The van der Waals surface area contributed by atoms with Gasteiger partial charge in [-0.1, -0.05) is 0 Å². The Morgan fingerprint density at radius 3 is 2.73 bits per heavy atom. The van der Waals surface area contributed by atoms with E-state index in [1.807, 2.05) is 17.0 Å². The number of likely N-dealkylation sites (tertiary alicyclic amines) is 1. The van der Waals surface area contributed by atoms with Crippen LogP contribution in [0.1, 0.15) is 33.0 Å². The lowest BCUT2D eigenvalue weighted by atomic mass is 9.81. The van der Waals surface area contributed by atoms with E-state index < -0.39 is 12.1 Å². The van der Waals surface area contributed by atoms with E-state index in [1.54, 1.807) is 23.7 Å². The van der Waals surface area contributed by atoms with Crippen molar-refractivity contribution >= 4 is 23.2 Å². The number of hydrogen-bond acceptors (Lipinski definition) is 6. The molecule has 0 saturated carbocycles. The van der Waals surface area contributed by atoms with Crippen molar-refractivity contribution < 1.29 is 37.3 Å². The lowest BCUT2D eigenvalue weighted by molar-refractivity contribution is -0.192. The number of rotatable bonds is 4. The van der Waals surface area contributed by atoms with Crippen LogP contribution in [0.4, 0.5) is 13.2 Å². The number of nitrogens with zero attached hydrogens (tertiary/aromatic N) is 2. The Morgan fingerprint density at radius 2 is 2.09 bits per heavy atom. The summed E-state index contributed by atoms with van der Waals surface area (Å²) in [6.07, 6.45) is 2.86. The molecule has 1 atom stereocenters. The van der Waals surface area contributed by atoms with Crippen molar-refractivity contribution in [1.29, 1.82) is 0 Å². The van der Waals surface area contributed by atoms with E-state index in [0.717, 1.165) is 36.5 Å². The summed E-state index contributed by atoms with van der Waals surface area (Å²) in [7, 11) is 0. The fourth-order valence-corrected chi connectivity index (χ4v) is 5.55. The van der Waals surface area contributed by atoms with E-state index >= 15 is 0 Å². The smallest absolute Gasteiger partial charge is 0.490 e. The van der Waals surface area contributed by atoms with E-state index in [-0.39, 0.29) is 11.5 Å². The average Bonchev–Trinajstić information content (AvgIpc) is 3.45. The Morgan fingerprint density at radius 1 is 1.33 bits per heavy atom. The average molecular weight is 484 g/mol. The number of alkyl halides is 3. The molecule has 2 aliphatic heterocycles. The fourth-order valence-electron chi connectivity index (χ4n) is 4.33. The fraction of sp³-hybridized carbons (Fsp3) is 0.500. The number of hydrogen-bond donors (Lipinski definition) is 1.